The summed E-state index contributed by atoms with van der Waals surface area (Å²) >= 11 is 0. The zero-order valence-electron chi connectivity index (χ0n) is 19.1. The lowest BCUT2D eigenvalue weighted by atomic mass is 10.1. The third-order valence-corrected chi connectivity index (χ3v) is 4.25. The van der Waals surface area contributed by atoms with Crippen molar-refractivity contribution in [2.45, 2.75) is 72.1 Å². The molecule has 2 heterocycles. The number of hydrogen-bond acceptors (Lipinski definition) is 5. The third-order valence-electron chi connectivity index (χ3n) is 4.25. The predicted octanol–water partition coefficient (Wildman–Crippen LogP) is 3.49. The van der Waals surface area contributed by atoms with E-state index in [-0.39, 0.29) is 30.0 Å². The molecule has 0 spiro atoms. The summed E-state index contributed by atoms with van der Waals surface area (Å²) in [5, 5.41) is 17.9. The Labute approximate surface area is 201 Å². The van der Waals surface area contributed by atoms with Crippen LogP contribution in [0.3, 0.4) is 0 Å². The molecule has 0 bridgehead atoms. The van der Waals surface area contributed by atoms with Gasteiger partial charge in [0, 0.05) is 25.3 Å². The highest BCUT2D eigenvalue weighted by atomic mass is 127. The molecule has 174 valence electrons. The van der Waals surface area contributed by atoms with Crippen molar-refractivity contribution in [3.63, 3.8) is 0 Å². The van der Waals surface area contributed by atoms with Crippen LogP contribution in [-0.2, 0) is 11.3 Å². The fourth-order valence-corrected chi connectivity index (χ4v) is 2.86. The first-order valence-corrected chi connectivity index (χ1v) is 10.6. The number of carbonyl (C=O) groups excluding carboxylic acids is 1. The van der Waals surface area contributed by atoms with Gasteiger partial charge in [0.15, 0.2) is 17.4 Å². The number of fused-ring (bicyclic) bond motifs is 1. The van der Waals surface area contributed by atoms with Crippen molar-refractivity contribution >= 4 is 41.7 Å². The second kappa shape index (κ2) is 13.3. The van der Waals surface area contributed by atoms with E-state index in [0.29, 0.717) is 19.0 Å². The first kappa shape index (κ1) is 26.9. The largest absolute Gasteiger partial charge is 0.444 e. The number of hydrogen-bond donors (Lipinski definition) is 3. The number of carbonyl (C=O) groups is 1. The summed E-state index contributed by atoms with van der Waals surface area (Å²) in [5.74, 6) is 1.44. The SMILES string of the molecule is CCCCC(CNC(=O)OC(C)(C)C)NC(=NCc1nnc2ccccn12)NCC.I. The second-order valence-electron chi connectivity index (χ2n) is 8.11. The molecule has 1 amide bonds. The van der Waals surface area contributed by atoms with E-state index in [1.165, 1.54) is 0 Å². The Morgan fingerprint density at radius 2 is 2.00 bits per heavy atom. The number of guanidine groups is 1. The number of aromatic nitrogens is 3. The van der Waals surface area contributed by atoms with Crippen LogP contribution >= 0.6 is 24.0 Å². The Morgan fingerprint density at radius 1 is 1.23 bits per heavy atom. The van der Waals surface area contributed by atoms with Gasteiger partial charge in [0.05, 0.1) is 0 Å². The Hall–Kier alpha value is -2.11. The van der Waals surface area contributed by atoms with Crippen molar-refractivity contribution in [2.24, 2.45) is 4.99 Å². The molecule has 1 atom stereocenters. The number of halogens is 1. The first-order valence-electron chi connectivity index (χ1n) is 10.6. The normalized spacial score (nSPS) is 12.7. The van der Waals surface area contributed by atoms with Crippen LogP contribution in [0.4, 0.5) is 4.79 Å². The molecule has 3 N–H and O–H groups in total. The minimum atomic E-state index is -0.520. The van der Waals surface area contributed by atoms with Crippen molar-refractivity contribution in [3.8, 4) is 0 Å². The molecule has 2 aromatic heterocycles. The van der Waals surface area contributed by atoms with Crippen LogP contribution in [0.15, 0.2) is 29.4 Å². The van der Waals surface area contributed by atoms with Crippen LogP contribution in [0, 0.1) is 0 Å². The van der Waals surface area contributed by atoms with Crippen molar-refractivity contribution in [1.29, 1.82) is 0 Å². The standard InChI is InChI=1S/C21H35N7O2.HI/c1-6-8-11-16(14-24-20(29)30-21(3,4)5)25-19(22-7-2)23-15-18-27-26-17-12-9-10-13-28(17)18;/h9-10,12-13,16H,6-8,11,14-15H2,1-5H3,(H,24,29)(H2,22,23,25);1H. The van der Waals surface area contributed by atoms with Gasteiger partial charge in [-0.2, -0.15) is 0 Å². The summed E-state index contributed by atoms with van der Waals surface area (Å²) < 4.78 is 7.26. The molecular formula is C21H36IN7O2. The lowest BCUT2D eigenvalue weighted by Gasteiger charge is -2.24. The fourth-order valence-electron chi connectivity index (χ4n) is 2.86. The average Bonchev–Trinajstić information content (AvgIpc) is 3.10. The fraction of sp³-hybridized carbons (Fsp3) is 0.619. The Morgan fingerprint density at radius 3 is 2.68 bits per heavy atom. The van der Waals surface area contributed by atoms with E-state index < -0.39 is 11.7 Å². The molecule has 9 nitrogen and oxygen atoms in total. The smallest absolute Gasteiger partial charge is 0.407 e. The number of pyridine rings is 1. The van der Waals surface area contributed by atoms with E-state index in [1.807, 2.05) is 56.5 Å². The number of amides is 1. The number of unbranched alkanes of at least 4 members (excludes halogenated alkanes) is 1. The molecule has 0 fully saturated rings. The number of aliphatic imine (C=N–C) groups is 1. The Kier molecular flexibility index (Phi) is 11.6. The maximum Gasteiger partial charge on any atom is 0.407 e. The highest BCUT2D eigenvalue weighted by Crippen LogP contribution is 2.07. The van der Waals surface area contributed by atoms with E-state index in [9.17, 15) is 4.79 Å². The topological polar surface area (TPSA) is 105 Å². The quantitative estimate of drug-likeness (QED) is 0.253. The van der Waals surface area contributed by atoms with Crippen LogP contribution < -0.4 is 16.0 Å². The van der Waals surface area contributed by atoms with Gasteiger partial charge in [0.25, 0.3) is 0 Å². The molecule has 0 aromatic carbocycles. The van der Waals surface area contributed by atoms with E-state index in [2.05, 4.69) is 38.1 Å². The number of alkyl carbamates (subject to hydrolysis) is 1. The zero-order valence-corrected chi connectivity index (χ0v) is 21.5. The molecule has 0 saturated carbocycles. The van der Waals surface area contributed by atoms with Crippen LogP contribution in [-0.4, -0.2) is 51.4 Å². The molecule has 0 saturated heterocycles. The molecule has 10 heteroatoms. The van der Waals surface area contributed by atoms with Crippen molar-refractivity contribution in [2.75, 3.05) is 13.1 Å². The van der Waals surface area contributed by atoms with Crippen LogP contribution in [0.5, 0.6) is 0 Å². The second-order valence-corrected chi connectivity index (χ2v) is 8.11. The average molecular weight is 545 g/mol. The third kappa shape index (κ3) is 9.70. The van der Waals surface area contributed by atoms with E-state index >= 15 is 0 Å². The maximum absolute atomic E-state index is 12.0. The summed E-state index contributed by atoms with van der Waals surface area (Å²) in [6, 6.07) is 5.81. The molecular weight excluding hydrogens is 509 g/mol. The van der Waals surface area contributed by atoms with Gasteiger partial charge in [-0.05, 0) is 46.2 Å². The van der Waals surface area contributed by atoms with Gasteiger partial charge < -0.3 is 20.7 Å². The minimum absolute atomic E-state index is 0. The number of rotatable bonds is 9. The van der Waals surface area contributed by atoms with Gasteiger partial charge in [-0.25, -0.2) is 9.79 Å². The van der Waals surface area contributed by atoms with Gasteiger partial charge in [0.2, 0.25) is 0 Å². The van der Waals surface area contributed by atoms with Gasteiger partial charge in [-0.3, -0.25) is 4.40 Å². The monoisotopic (exact) mass is 545 g/mol. The van der Waals surface area contributed by atoms with Crippen LogP contribution in [0.2, 0.25) is 0 Å². The molecule has 0 aliphatic heterocycles. The number of ether oxygens (including phenoxy) is 1. The number of nitrogens with one attached hydrogen (secondary N) is 3. The molecule has 0 aliphatic carbocycles. The molecule has 0 radical (unpaired) electrons. The van der Waals surface area contributed by atoms with E-state index in [4.69, 9.17) is 4.74 Å². The zero-order chi connectivity index (χ0) is 22.0. The van der Waals surface area contributed by atoms with Crippen molar-refractivity contribution < 1.29 is 9.53 Å². The minimum Gasteiger partial charge on any atom is -0.444 e. The van der Waals surface area contributed by atoms with Gasteiger partial charge in [0.1, 0.15) is 12.1 Å². The molecule has 2 aromatic rings. The summed E-state index contributed by atoms with van der Waals surface area (Å²) in [7, 11) is 0. The lowest BCUT2D eigenvalue weighted by Crippen LogP contribution is -2.49. The summed E-state index contributed by atoms with van der Waals surface area (Å²) in [5.41, 5.74) is 0.274. The van der Waals surface area contributed by atoms with Crippen molar-refractivity contribution in [3.05, 3.63) is 30.2 Å². The predicted molar refractivity (Wildman–Crippen MR) is 134 cm³/mol. The van der Waals surface area contributed by atoms with Gasteiger partial charge in [-0.15, -0.1) is 34.2 Å². The van der Waals surface area contributed by atoms with Crippen LogP contribution in [0.1, 0.15) is 59.7 Å². The van der Waals surface area contributed by atoms with Crippen molar-refractivity contribution in [1.82, 2.24) is 30.5 Å². The summed E-state index contributed by atoms with van der Waals surface area (Å²) in [6.07, 6.45) is 4.54. The van der Waals surface area contributed by atoms with Crippen LogP contribution in [0.25, 0.3) is 5.65 Å². The van der Waals surface area contributed by atoms with E-state index in [1.54, 1.807) is 0 Å². The molecule has 2 rings (SSSR count). The summed E-state index contributed by atoms with van der Waals surface area (Å²) in [4.78, 5) is 16.7. The first-order chi connectivity index (χ1) is 14.3. The molecule has 31 heavy (non-hydrogen) atoms. The van der Waals surface area contributed by atoms with Gasteiger partial charge in [-0.1, -0.05) is 25.8 Å². The van der Waals surface area contributed by atoms with E-state index in [0.717, 1.165) is 37.3 Å². The highest BCUT2D eigenvalue weighted by molar-refractivity contribution is 14.0. The summed E-state index contributed by atoms with van der Waals surface area (Å²) in [6.45, 7) is 11.3. The number of nitrogens with zero attached hydrogens (tertiary/aromatic N) is 4. The van der Waals surface area contributed by atoms with Gasteiger partial charge >= 0.3 is 6.09 Å². The lowest BCUT2D eigenvalue weighted by molar-refractivity contribution is 0.0522. The Bertz CT molecular complexity index is 832. The Balaban J connectivity index is 0.00000480. The highest BCUT2D eigenvalue weighted by Gasteiger charge is 2.18. The maximum atomic E-state index is 12.0. The molecule has 0 aliphatic rings. The molecule has 1 unspecified atom stereocenters.